The molecule has 0 radical (unpaired) electrons. The minimum absolute atomic E-state index is 0.418. The van der Waals surface area contributed by atoms with Crippen molar-refractivity contribution < 1.29 is 0 Å². The molecule has 0 aliphatic rings. The number of halogens is 1. The first kappa shape index (κ1) is 8.76. The Morgan fingerprint density at radius 3 is 2.11 bits per heavy atom. The van der Waals surface area contributed by atoms with E-state index in [1.807, 2.05) is 11.9 Å². The van der Waals surface area contributed by atoms with Gasteiger partial charge in [0.1, 0.15) is 0 Å². The minimum atomic E-state index is 0.418. The highest BCUT2D eigenvalue weighted by atomic mass is 35.5. The second-order valence-electron chi connectivity index (χ2n) is 2.20. The van der Waals surface area contributed by atoms with E-state index in [1.165, 1.54) is 0 Å². The number of rotatable bonds is 1. The van der Waals surface area contributed by atoms with Gasteiger partial charge in [0.2, 0.25) is 0 Å². The monoisotopic (exact) mass is 148 g/mol. The molecule has 0 saturated carbocycles. The molecule has 0 bridgehead atoms. The third kappa shape index (κ3) is 2.70. The third-order valence-electron chi connectivity index (χ3n) is 1.25. The standard InChI is InChI=1S/C6H13ClN2/c1-5(2)9(4)6(7)8-3/h5H,1-4H3. The quantitative estimate of drug-likeness (QED) is 0.313. The summed E-state index contributed by atoms with van der Waals surface area (Å²) in [6, 6.07) is 0.418. The van der Waals surface area contributed by atoms with Gasteiger partial charge in [0.15, 0.2) is 5.29 Å². The zero-order valence-corrected chi connectivity index (χ0v) is 7.11. The number of nitrogens with zero attached hydrogens (tertiary/aromatic N) is 2. The Morgan fingerprint density at radius 2 is 2.00 bits per heavy atom. The molecule has 0 aliphatic heterocycles. The highest BCUT2D eigenvalue weighted by molar-refractivity contribution is 6.64. The maximum atomic E-state index is 5.69. The summed E-state index contributed by atoms with van der Waals surface area (Å²) in [6.45, 7) is 4.13. The molecule has 0 rings (SSSR count). The van der Waals surface area contributed by atoms with Gasteiger partial charge < -0.3 is 4.90 Å². The van der Waals surface area contributed by atoms with Crippen molar-refractivity contribution in [2.24, 2.45) is 4.99 Å². The van der Waals surface area contributed by atoms with Gasteiger partial charge >= 0.3 is 0 Å². The van der Waals surface area contributed by atoms with Crippen molar-refractivity contribution in [2.45, 2.75) is 19.9 Å². The highest BCUT2D eigenvalue weighted by Crippen LogP contribution is 1.98. The number of amidine groups is 1. The molecule has 0 unspecified atom stereocenters. The van der Waals surface area contributed by atoms with Crippen LogP contribution < -0.4 is 0 Å². The fraction of sp³-hybridized carbons (Fsp3) is 0.833. The van der Waals surface area contributed by atoms with E-state index in [1.54, 1.807) is 7.05 Å². The number of hydrogen-bond donors (Lipinski definition) is 0. The van der Waals surface area contributed by atoms with Crippen LogP contribution in [-0.2, 0) is 0 Å². The molecule has 0 saturated heterocycles. The number of hydrogen-bond acceptors (Lipinski definition) is 1. The van der Waals surface area contributed by atoms with Gasteiger partial charge in [0.25, 0.3) is 0 Å². The Balaban J connectivity index is 3.88. The fourth-order valence-corrected chi connectivity index (χ4v) is 0.566. The van der Waals surface area contributed by atoms with Crippen LogP contribution in [0.2, 0.25) is 0 Å². The molecule has 0 spiro atoms. The van der Waals surface area contributed by atoms with Crippen molar-refractivity contribution in [2.75, 3.05) is 14.1 Å². The van der Waals surface area contributed by atoms with Gasteiger partial charge in [-0.05, 0) is 25.4 Å². The Hall–Kier alpha value is -0.240. The summed E-state index contributed by atoms with van der Waals surface area (Å²) in [5.74, 6) is 0. The lowest BCUT2D eigenvalue weighted by Crippen LogP contribution is -2.29. The Kier molecular flexibility index (Phi) is 3.62. The molecular formula is C6H13ClN2. The highest BCUT2D eigenvalue weighted by Gasteiger charge is 2.04. The molecule has 0 aromatic carbocycles. The van der Waals surface area contributed by atoms with E-state index in [0.29, 0.717) is 11.3 Å². The predicted molar refractivity (Wildman–Crippen MR) is 42.1 cm³/mol. The molecule has 9 heavy (non-hydrogen) atoms. The largest absolute Gasteiger partial charge is 0.348 e. The van der Waals surface area contributed by atoms with Gasteiger partial charge in [-0.15, -0.1) is 0 Å². The molecular weight excluding hydrogens is 136 g/mol. The molecule has 2 nitrogen and oxygen atoms in total. The zero-order chi connectivity index (χ0) is 7.44. The molecule has 0 aromatic rings. The van der Waals surface area contributed by atoms with Crippen LogP contribution in [0.4, 0.5) is 0 Å². The first-order valence-electron chi connectivity index (χ1n) is 2.94. The fourth-order valence-electron chi connectivity index (χ4n) is 0.371. The first-order chi connectivity index (χ1) is 4.09. The van der Waals surface area contributed by atoms with Crippen LogP contribution in [0.5, 0.6) is 0 Å². The van der Waals surface area contributed by atoms with E-state index in [2.05, 4.69) is 18.8 Å². The molecule has 0 N–H and O–H groups in total. The van der Waals surface area contributed by atoms with Crippen LogP contribution >= 0.6 is 11.6 Å². The molecule has 3 heteroatoms. The van der Waals surface area contributed by atoms with Gasteiger partial charge in [-0.1, -0.05) is 0 Å². The average Bonchev–Trinajstić information content (AvgIpc) is 1.84. The summed E-state index contributed by atoms with van der Waals surface area (Å²) in [7, 11) is 3.60. The summed E-state index contributed by atoms with van der Waals surface area (Å²) in [6.07, 6.45) is 0. The van der Waals surface area contributed by atoms with Crippen LogP contribution in [-0.4, -0.2) is 30.3 Å². The Bertz CT molecular complexity index is 110. The molecule has 0 aromatic heterocycles. The van der Waals surface area contributed by atoms with Crippen molar-refractivity contribution in [1.29, 1.82) is 0 Å². The lowest BCUT2D eigenvalue weighted by atomic mass is 10.4. The summed E-state index contributed by atoms with van der Waals surface area (Å²) < 4.78 is 0. The smallest absolute Gasteiger partial charge is 0.193 e. The van der Waals surface area contributed by atoms with Gasteiger partial charge in [-0.25, -0.2) is 0 Å². The zero-order valence-electron chi connectivity index (χ0n) is 6.35. The topological polar surface area (TPSA) is 15.6 Å². The van der Waals surface area contributed by atoms with E-state index >= 15 is 0 Å². The third-order valence-corrected chi connectivity index (χ3v) is 1.69. The van der Waals surface area contributed by atoms with Crippen LogP contribution in [0.3, 0.4) is 0 Å². The van der Waals surface area contributed by atoms with Crippen molar-refractivity contribution in [3.8, 4) is 0 Å². The van der Waals surface area contributed by atoms with Crippen LogP contribution in [0, 0.1) is 0 Å². The number of aliphatic imine (C=N–C) groups is 1. The SMILES string of the molecule is CN=C(Cl)N(C)C(C)C. The lowest BCUT2D eigenvalue weighted by Gasteiger charge is -2.20. The second-order valence-corrected chi connectivity index (χ2v) is 2.54. The lowest BCUT2D eigenvalue weighted by molar-refractivity contribution is 0.424. The van der Waals surface area contributed by atoms with Crippen LogP contribution in [0.25, 0.3) is 0 Å². The normalized spacial score (nSPS) is 12.4. The molecule has 0 heterocycles. The average molecular weight is 149 g/mol. The molecule has 0 aliphatic carbocycles. The molecule has 0 fully saturated rings. The minimum Gasteiger partial charge on any atom is -0.348 e. The molecule has 54 valence electrons. The van der Waals surface area contributed by atoms with Crippen molar-refractivity contribution in [1.82, 2.24) is 4.90 Å². The van der Waals surface area contributed by atoms with Crippen molar-refractivity contribution in [3.05, 3.63) is 0 Å². The van der Waals surface area contributed by atoms with E-state index in [0.717, 1.165) is 0 Å². The van der Waals surface area contributed by atoms with E-state index < -0.39 is 0 Å². The second kappa shape index (κ2) is 3.72. The van der Waals surface area contributed by atoms with Crippen molar-refractivity contribution in [3.63, 3.8) is 0 Å². The Labute approximate surface area is 61.5 Å². The summed E-state index contributed by atoms with van der Waals surface area (Å²) >= 11 is 5.69. The van der Waals surface area contributed by atoms with Gasteiger partial charge in [0, 0.05) is 20.1 Å². The molecule has 0 amide bonds. The van der Waals surface area contributed by atoms with Crippen LogP contribution in [0.15, 0.2) is 4.99 Å². The van der Waals surface area contributed by atoms with Crippen LogP contribution in [0.1, 0.15) is 13.8 Å². The van der Waals surface area contributed by atoms with Gasteiger partial charge in [0.05, 0.1) is 0 Å². The van der Waals surface area contributed by atoms with Gasteiger partial charge in [-0.2, -0.15) is 0 Å². The van der Waals surface area contributed by atoms with Gasteiger partial charge in [-0.3, -0.25) is 4.99 Å². The first-order valence-corrected chi connectivity index (χ1v) is 3.32. The Morgan fingerprint density at radius 1 is 1.56 bits per heavy atom. The summed E-state index contributed by atoms with van der Waals surface area (Å²) in [5, 5.41) is 0.560. The summed E-state index contributed by atoms with van der Waals surface area (Å²) in [5.41, 5.74) is 0. The van der Waals surface area contributed by atoms with Crippen molar-refractivity contribution >= 4 is 16.9 Å². The van der Waals surface area contributed by atoms with E-state index in [4.69, 9.17) is 11.6 Å². The molecule has 0 atom stereocenters. The van der Waals surface area contributed by atoms with E-state index in [9.17, 15) is 0 Å². The maximum absolute atomic E-state index is 5.69. The summed E-state index contributed by atoms with van der Waals surface area (Å²) in [4.78, 5) is 5.72. The maximum Gasteiger partial charge on any atom is 0.193 e. The predicted octanol–water partition coefficient (Wildman–Crippen LogP) is 1.55. The van der Waals surface area contributed by atoms with E-state index in [-0.39, 0.29) is 0 Å².